The van der Waals surface area contributed by atoms with Crippen LogP contribution in [0.25, 0.3) is 0 Å². The minimum Gasteiger partial charge on any atom is -0.508 e. The second-order valence-corrected chi connectivity index (χ2v) is 4.25. The number of rotatable bonds is 2. The maximum Gasteiger partial charge on any atom is 0.138 e. The summed E-state index contributed by atoms with van der Waals surface area (Å²) in [7, 11) is 0. The topological polar surface area (TPSA) is 70.1 Å². The molecule has 0 saturated heterocycles. The van der Waals surface area contributed by atoms with E-state index < -0.39 is 0 Å². The number of hydrogen-bond acceptors (Lipinski definition) is 5. The Morgan fingerprint density at radius 3 is 2.83 bits per heavy atom. The monoisotopic (exact) mass is 242 g/mol. The van der Waals surface area contributed by atoms with Gasteiger partial charge in [0.05, 0.1) is 5.69 Å². The Labute approximate surface area is 105 Å². The molecule has 18 heavy (non-hydrogen) atoms. The SMILES string of the molecule is Oc1ccc(Nc2ncnc3c2CNCC3)cc1. The van der Waals surface area contributed by atoms with Gasteiger partial charge in [-0.1, -0.05) is 0 Å². The van der Waals surface area contributed by atoms with E-state index in [9.17, 15) is 5.11 Å². The predicted molar refractivity (Wildman–Crippen MR) is 68.8 cm³/mol. The fourth-order valence-corrected chi connectivity index (χ4v) is 2.06. The summed E-state index contributed by atoms with van der Waals surface area (Å²) in [6.07, 6.45) is 2.52. The highest BCUT2D eigenvalue weighted by Crippen LogP contribution is 2.23. The smallest absolute Gasteiger partial charge is 0.138 e. The van der Waals surface area contributed by atoms with Gasteiger partial charge in [-0.2, -0.15) is 0 Å². The van der Waals surface area contributed by atoms with Crippen LogP contribution in [0.4, 0.5) is 11.5 Å². The average molecular weight is 242 g/mol. The quantitative estimate of drug-likeness (QED) is 0.697. The normalized spacial score (nSPS) is 14.0. The van der Waals surface area contributed by atoms with Gasteiger partial charge in [0.2, 0.25) is 0 Å². The van der Waals surface area contributed by atoms with Gasteiger partial charge < -0.3 is 15.7 Å². The van der Waals surface area contributed by atoms with Crippen molar-refractivity contribution in [3.8, 4) is 5.75 Å². The number of aromatic nitrogens is 2. The van der Waals surface area contributed by atoms with Crippen molar-refractivity contribution >= 4 is 11.5 Å². The number of phenolic OH excluding ortho intramolecular Hbond substituents is 1. The molecule has 1 aromatic heterocycles. The molecule has 0 atom stereocenters. The first kappa shape index (κ1) is 11.0. The lowest BCUT2D eigenvalue weighted by Crippen LogP contribution is -2.25. The summed E-state index contributed by atoms with van der Waals surface area (Å²) >= 11 is 0. The molecule has 0 radical (unpaired) electrons. The van der Waals surface area contributed by atoms with E-state index >= 15 is 0 Å². The van der Waals surface area contributed by atoms with E-state index in [0.29, 0.717) is 0 Å². The molecule has 2 heterocycles. The summed E-state index contributed by atoms with van der Waals surface area (Å²) in [5.74, 6) is 1.09. The first-order chi connectivity index (χ1) is 8.83. The van der Waals surface area contributed by atoms with Crippen LogP contribution in [0.1, 0.15) is 11.3 Å². The van der Waals surface area contributed by atoms with Gasteiger partial charge in [0.25, 0.3) is 0 Å². The number of fused-ring (bicyclic) bond motifs is 1. The fraction of sp³-hybridized carbons (Fsp3) is 0.231. The zero-order chi connectivity index (χ0) is 12.4. The van der Waals surface area contributed by atoms with E-state index in [-0.39, 0.29) is 5.75 Å². The maximum atomic E-state index is 9.25. The van der Waals surface area contributed by atoms with Crippen molar-refractivity contribution in [1.29, 1.82) is 0 Å². The number of anilines is 2. The van der Waals surface area contributed by atoms with Crippen molar-refractivity contribution < 1.29 is 5.11 Å². The molecule has 3 rings (SSSR count). The van der Waals surface area contributed by atoms with Crippen LogP contribution in [-0.2, 0) is 13.0 Å². The molecule has 0 fully saturated rings. The number of phenols is 1. The number of aromatic hydroxyl groups is 1. The van der Waals surface area contributed by atoms with E-state index in [1.165, 1.54) is 0 Å². The number of hydrogen-bond donors (Lipinski definition) is 3. The molecule has 0 aliphatic carbocycles. The molecule has 1 aliphatic rings. The van der Waals surface area contributed by atoms with Gasteiger partial charge in [-0.05, 0) is 24.3 Å². The highest BCUT2D eigenvalue weighted by Gasteiger charge is 2.14. The standard InChI is InChI=1S/C13H14N4O/c18-10-3-1-9(2-4-10)17-13-11-7-14-6-5-12(11)15-8-16-13/h1-4,8,14,18H,5-7H2,(H,15,16,17). The van der Waals surface area contributed by atoms with Crippen molar-refractivity contribution in [3.05, 3.63) is 41.9 Å². The third-order valence-corrected chi connectivity index (χ3v) is 3.01. The fourth-order valence-electron chi connectivity index (χ4n) is 2.06. The van der Waals surface area contributed by atoms with E-state index in [2.05, 4.69) is 20.6 Å². The lowest BCUT2D eigenvalue weighted by molar-refractivity contribution is 0.475. The minimum atomic E-state index is 0.256. The van der Waals surface area contributed by atoms with Crippen LogP contribution in [0.15, 0.2) is 30.6 Å². The molecule has 0 spiro atoms. The number of nitrogens with zero attached hydrogens (tertiary/aromatic N) is 2. The number of nitrogens with one attached hydrogen (secondary N) is 2. The van der Waals surface area contributed by atoms with Gasteiger partial charge in [0.15, 0.2) is 0 Å². The molecule has 0 amide bonds. The summed E-state index contributed by atoms with van der Waals surface area (Å²) in [5.41, 5.74) is 3.13. The van der Waals surface area contributed by atoms with Crippen LogP contribution in [0.3, 0.4) is 0 Å². The van der Waals surface area contributed by atoms with E-state index in [0.717, 1.165) is 42.3 Å². The van der Waals surface area contributed by atoms with Crippen molar-refractivity contribution in [1.82, 2.24) is 15.3 Å². The molecule has 5 nitrogen and oxygen atoms in total. The van der Waals surface area contributed by atoms with Crippen LogP contribution in [0.2, 0.25) is 0 Å². The Kier molecular flexibility index (Phi) is 2.82. The molecule has 92 valence electrons. The summed E-state index contributed by atoms with van der Waals surface area (Å²) in [4.78, 5) is 8.59. The van der Waals surface area contributed by atoms with Gasteiger partial charge in [-0.3, -0.25) is 0 Å². The third kappa shape index (κ3) is 2.12. The van der Waals surface area contributed by atoms with Gasteiger partial charge in [0, 0.05) is 30.8 Å². The molecule has 1 aliphatic heterocycles. The Morgan fingerprint density at radius 1 is 1.17 bits per heavy atom. The second-order valence-electron chi connectivity index (χ2n) is 4.25. The first-order valence-electron chi connectivity index (χ1n) is 5.92. The van der Waals surface area contributed by atoms with Crippen LogP contribution in [0.5, 0.6) is 5.75 Å². The second kappa shape index (κ2) is 4.62. The zero-order valence-electron chi connectivity index (χ0n) is 9.85. The first-order valence-corrected chi connectivity index (χ1v) is 5.92. The van der Waals surface area contributed by atoms with E-state index in [1.54, 1.807) is 18.5 Å². The number of benzene rings is 1. The molecular weight excluding hydrogens is 228 g/mol. The zero-order valence-corrected chi connectivity index (χ0v) is 9.85. The summed E-state index contributed by atoms with van der Waals surface area (Å²) in [6, 6.07) is 6.93. The Hall–Kier alpha value is -2.14. The molecule has 2 aromatic rings. The molecule has 0 bridgehead atoms. The maximum absolute atomic E-state index is 9.25. The lowest BCUT2D eigenvalue weighted by Gasteiger charge is -2.19. The molecule has 0 saturated carbocycles. The molecule has 5 heteroatoms. The van der Waals surface area contributed by atoms with Crippen LogP contribution >= 0.6 is 0 Å². The minimum absolute atomic E-state index is 0.256. The third-order valence-electron chi connectivity index (χ3n) is 3.01. The largest absolute Gasteiger partial charge is 0.508 e. The predicted octanol–water partition coefficient (Wildman–Crippen LogP) is 1.57. The Balaban J connectivity index is 1.90. The van der Waals surface area contributed by atoms with Gasteiger partial charge in [0.1, 0.15) is 17.9 Å². The van der Waals surface area contributed by atoms with Crippen molar-refractivity contribution in [2.75, 3.05) is 11.9 Å². The lowest BCUT2D eigenvalue weighted by atomic mass is 10.1. The highest BCUT2D eigenvalue weighted by molar-refractivity contribution is 5.60. The summed E-state index contributed by atoms with van der Waals surface area (Å²) in [5, 5.41) is 15.8. The van der Waals surface area contributed by atoms with Crippen molar-refractivity contribution in [2.24, 2.45) is 0 Å². The van der Waals surface area contributed by atoms with Crippen LogP contribution in [0, 0.1) is 0 Å². The van der Waals surface area contributed by atoms with E-state index in [4.69, 9.17) is 0 Å². The van der Waals surface area contributed by atoms with Gasteiger partial charge in [-0.15, -0.1) is 0 Å². The highest BCUT2D eigenvalue weighted by atomic mass is 16.3. The Morgan fingerprint density at radius 2 is 2.00 bits per heavy atom. The molecule has 0 unspecified atom stereocenters. The van der Waals surface area contributed by atoms with Crippen LogP contribution < -0.4 is 10.6 Å². The molecule has 3 N–H and O–H groups in total. The van der Waals surface area contributed by atoms with Crippen LogP contribution in [-0.4, -0.2) is 21.6 Å². The van der Waals surface area contributed by atoms with E-state index in [1.807, 2.05) is 12.1 Å². The Bertz CT molecular complexity index is 553. The molecule has 1 aromatic carbocycles. The average Bonchev–Trinajstić information content (AvgIpc) is 2.42. The van der Waals surface area contributed by atoms with Crippen molar-refractivity contribution in [3.63, 3.8) is 0 Å². The summed E-state index contributed by atoms with van der Waals surface area (Å²) in [6.45, 7) is 1.75. The van der Waals surface area contributed by atoms with Crippen molar-refractivity contribution in [2.45, 2.75) is 13.0 Å². The van der Waals surface area contributed by atoms with Gasteiger partial charge >= 0.3 is 0 Å². The molecular formula is C13H14N4O. The van der Waals surface area contributed by atoms with Gasteiger partial charge in [-0.25, -0.2) is 9.97 Å². The summed E-state index contributed by atoms with van der Waals surface area (Å²) < 4.78 is 0.